The van der Waals surface area contributed by atoms with Crippen LogP contribution in [0.15, 0.2) is 55.0 Å². The maximum atomic E-state index is 12.9. The Morgan fingerprint density at radius 2 is 1.97 bits per heavy atom. The molecule has 2 N–H and O–H groups in total. The fourth-order valence-electron chi connectivity index (χ4n) is 4.35. The molecule has 6 rings (SSSR count). The van der Waals surface area contributed by atoms with Crippen LogP contribution >= 0.6 is 0 Å². The van der Waals surface area contributed by atoms with Gasteiger partial charge in [0.15, 0.2) is 11.5 Å². The summed E-state index contributed by atoms with van der Waals surface area (Å²) in [6.07, 6.45) is 6.00. The Kier molecular flexibility index (Phi) is 5.52. The molecule has 5 aromatic heterocycles. The van der Waals surface area contributed by atoms with Gasteiger partial charge in [-0.25, -0.2) is 19.5 Å². The maximum Gasteiger partial charge on any atom is 0.226 e. The van der Waals surface area contributed by atoms with Crippen LogP contribution in [0, 0.1) is 0 Å². The predicted octanol–water partition coefficient (Wildman–Crippen LogP) is 4.04. The number of carbonyl (C=O) groups is 1. The third kappa shape index (κ3) is 4.24. The first-order valence-electron chi connectivity index (χ1n) is 12.0. The molecule has 1 aliphatic rings. The minimum atomic E-state index is -0.198. The van der Waals surface area contributed by atoms with Crippen molar-refractivity contribution in [3.63, 3.8) is 0 Å². The van der Waals surface area contributed by atoms with Gasteiger partial charge in [0, 0.05) is 55.3 Å². The quantitative estimate of drug-likeness (QED) is 0.355. The molecule has 7 bridgehead atoms. The van der Waals surface area contributed by atoms with Gasteiger partial charge in [-0.1, -0.05) is 6.07 Å². The molecule has 0 aliphatic carbocycles. The van der Waals surface area contributed by atoms with Gasteiger partial charge in [-0.2, -0.15) is 4.98 Å². The molecule has 0 saturated heterocycles. The van der Waals surface area contributed by atoms with E-state index in [0.717, 1.165) is 22.0 Å². The number of nitrogens with one attached hydrogen (secondary N) is 2. The second kappa shape index (κ2) is 9.01. The number of nitrogens with zero attached hydrogens (tertiary/aromatic N) is 7. The Balaban J connectivity index is 1.53. The molecule has 186 valence electrons. The molecule has 1 atom stereocenters. The fourth-order valence-corrected chi connectivity index (χ4v) is 4.35. The molecular formula is C26H25N9O2. The number of carbonyl (C=O) groups excluding carboxylic acids is 1. The highest BCUT2D eigenvalue weighted by Crippen LogP contribution is 2.32. The van der Waals surface area contributed by atoms with Crippen LogP contribution in [0.3, 0.4) is 0 Å². The number of fused-ring (bicyclic) bond motifs is 6. The molecule has 0 fully saturated rings. The summed E-state index contributed by atoms with van der Waals surface area (Å²) in [7, 11) is 3.58. The van der Waals surface area contributed by atoms with Gasteiger partial charge in [-0.05, 0) is 37.6 Å². The van der Waals surface area contributed by atoms with E-state index >= 15 is 0 Å². The lowest BCUT2D eigenvalue weighted by Gasteiger charge is -2.19. The zero-order valence-electron chi connectivity index (χ0n) is 20.6. The van der Waals surface area contributed by atoms with E-state index in [-0.39, 0.29) is 12.0 Å². The van der Waals surface area contributed by atoms with E-state index < -0.39 is 0 Å². The smallest absolute Gasteiger partial charge is 0.226 e. The molecule has 0 saturated carbocycles. The molecule has 0 unspecified atom stereocenters. The number of anilines is 4. The van der Waals surface area contributed by atoms with Crippen LogP contribution in [-0.4, -0.2) is 55.7 Å². The van der Waals surface area contributed by atoms with E-state index in [1.807, 2.05) is 44.3 Å². The van der Waals surface area contributed by atoms with Gasteiger partial charge < -0.3 is 20.3 Å². The SMILES string of the molecule is CNc1ncc2c3cc(ncc13)Nc1cccc(n1)O[C@@H](C)CCC(=O)N(C)c1ccc3nc-2nn3c1. The standard InChI is InChI=1S/C26H25N9O2/c1-15-7-10-24(36)34(3)16-8-9-22-32-26(33-35(22)14-16)19-13-29-25(27-2)18-12-28-21(11-17(18)19)30-20-5-4-6-23(31-20)37-15/h4-6,8-9,11-15H,7,10H2,1-3H3,(H,27,29)(H,28,30,31)/t15-/m0/s1. The van der Waals surface area contributed by atoms with Crippen molar-refractivity contribution in [2.45, 2.75) is 25.9 Å². The van der Waals surface area contributed by atoms with Gasteiger partial charge >= 0.3 is 0 Å². The fraction of sp³-hybridized carbons (Fsp3) is 0.231. The zero-order valence-corrected chi connectivity index (χ0v) is 20.6. The van der Waals surface area contributed by atoms with E-state index in [1.54, 1.807) is 41.1 Å². The summed E-state index contributed by atoms with van der Waals surface area (Å²) < 4.78 is 7.69. The first kappa shape index (κ1) is 22.7. The van der Waals surface area contributed by atoms with Crippen LogP contribution in [0.1, 0.15) is 19.8 Å². The van der Waals surface area contributed by atoms with Crippen LogP contribution in [0.5, 0.6) is 5.88 Å². The third-order valence-corrected chi connectivity index (χ3v) is 6.39. The Labute approximate surface area is 212 Å². The highest BCUT2D eigenvalue weighted by Gasteiger charge is 2.18. The number of pyridine rings is 4. The van der Waals surface area contributed by atoms with Gasteiger partial charge in [0.1, 0.15) is 17.5 Å². The van der Waals surface area contributed by atoms with Crippen LogP contribution in [-0.2, 0) is 4.79 Å². The topological polar surface area (TPSA) is 122 Å². The normalized spacial score (nSPS) is 15.9. The molecule has 6 heterocycles. The molecular weight excluding hydrogens is 470 g/mol. The molecule has 0 spiro atoms. The van der Waals surface area contributed by atoms with Gasteiger partial charge in [0.25, 0.3) is 0 Å². The van der Waals surface area contributed by atoms with Crippen molar-refractivity contribution in [2.75, 3.05) is 29.6 Å². The lowest BCUT2D eigenvalue weighted by molar-refractivity contribution is -0.118. The number of amides is 1. The van der Waals surface area contributed by atoms with Crippen molar-refractivity contribution >= 4 is 45.5 Å². The molecule has 1 amide bonds. The highest BCUT2D eigenvalue weighted by atomic mass is 16.5. The van der Waals surface area contributed by atoms with Crippen molar-refractivity contribution in [2.24, 2.45) is 0 Å². The minimum absolute atomic E-state index is 0.0212. The molecule has 11 heteroatoms. The summed E-state index contributed by atoms with van der Waals surface area (Å²) in [6, 6.07) is 11.2. The Hall–Kier alpha value is -4.80. The highest BCUT2D eigenvalue weighted by molar-refractivity contribution is 6.01. The van der Waals surface area contributed by atoms with Crippen molar-refractivity contribution in [3.05, 3.63) is 55.0 Å². The van der Waals surface area contributed by atoms with E-state index in [2.05, 4.69) is 25.6 Å². The lowest BCUT2D eigenvalue weighted by atomic mass is 10.1. The van der Waals surface area contributed by atoms with E-state index in [1.165, 1.54) is 0 Å². The molecule has 5 aromatic rings. The van der Waals surface area contributed by atoms with Gasteiger partial charge in [-0.3, -0.25) is 4.79 Å². The molecule has 37 heavy (non-hydrogen) atoms. The second-order valence-electron chi connectivity index (χ2n) is 8.92. The first-order valence-corrected chi connectivity index (χ1v) is 12.0. The Morgan fingerprint density at radius 1 is 1.08 bits per heavy atom. The second-order valence-corrected chi connectivity index (χ2v) is 8.92. The van der Waals surface area contributed by atoms with Crippen LogP contribution in [0.2, 0.25) is 0 Å². The van der Waals surface area contributed by atoms with Crippen molar-refractivity contribution in [1.29, 1.82) is 0 Å². The summed E-state index contributed by atoms with van der Waals surface area (Å²) in [5, 5.41) is 12.8. The largest absolute Gasteiger partial charge is 0.475 e. The van der Waals surface area contributed by atoms with E-state index in [4.69, 9.17) is 14.8 Å². The third-order valence-electron chi connectivity index (χ3n) is 6.39. The van der Waals surface area contributed by atoms with Crippen LogP contribution in [0.25, 0.3) is 27.8 Å². The zero-order chi connectivity index (χ0) is 25.5. The average molecular weight is 496 g/mol. The van der Waals surface area contributed by atoms with Crippen LogP contribution < -0.4 is 20.3 Å². The summed E-state index contributed by atoms with van der Waals surface area (Å²) >= 11 is 0. The number of hydrogen-bond acceptors (Lipinski definition) is 9. The van der Waals surface area contributed by atoms with E-state index in [9.17, 15) is 4.79 Å². The lowest BCUT2D eigenvalue weighted by Crippen LogP contribution is -2.27. The molecule has 11 nitrogen and oxygen atoms in total. The van der Waals surface area contributed by atoms with Gasteiger partial charge in [0.05, 0.1) is 18.0 Å². The molecule has 1 aliphatic heterocycles. The predicted molar refractivity (Wildman–Crippen MR) is 141 cm³/mol. The van der Waals surface area contributed by atoms with E-state index in [0.29, 0.717) is 47.6 Å². The number of rotatable bonds is 1. The first-order chi connectivity index (χ1) is 18.0. The van der Waals surface area contributed by atoms with Crippen molar-refractivity contribution in [1.82, 2.24) is 29.5 Å². The van der Waals surface area contributed by atoms with Crippen molar-refractivity contribution in [3.8, 4) is 17.3 Å². The molecule has 0 radical (unpaired) electrons. The summed E-state index contributed by atoms with van der Waals surface area (Å²) in [4.78, 5) is 33.0. The Bertz CT molecular complexity index is 1650. The summed E-state index contributed by atoms with van der Waals surface area (Å²) in [5.41, 5.74) is 2.14. The Morgan fingerprint density at radius 3 is 2.84 bits per heavy atom. The molecule has 0 aromatic carbocycles. The average Bonchev–Trinajstić information content (AvgIpc) is 3.33. The summed E-state index contributed by atoms with van der Waals surface area (Å²) in [6.45, 7) is 1.93. The monoisotopic (exact) mass is 495 g/mol. The van der Waals surface area contributed by atoms with Gasteiger partial charge in [0.2, 0.25) is 11.8 Å². The van der Waals surface area contributed by atoms with Gasteiger partial charge in [-0.15, -0.1) is 5.10 Å². The maximum absolute atomic E-state index is 12.9. The van der Waals surface area contributed by atoms with Crippen molar-refractivity contribution < 1.29 is 9.53 Å². The number of hydrogen-bond donors (Lipinski definition) is 2. The van der Waals surface area contributed by atoms with Crippen LogP contribution in [0.4, 0.5) is 23.1 Å². The number of aromatic nitrogens is 6. The number of ether oxygens (including phenoxy) is 1. The minimum Gasteiger partial charge on any atom is -0.475 e. The summed E-state index contributed by atoms with van der Waals surface area (Å²) in [5.74, 6) is 2.86.